The summed E-state index contributed by atoms with van der Waals surface area (Å²) in [5.74, 6) is -1.15. The number of hydrogen-bond acceptors (Lipinski definition) is 3. The van der Waals surface area contributed by atoms with Crippen LogP contribution in [0.15, 0.2) is 24.3 Å². The smallest absolute Gasteiger partial charge is 0.305 e. The summed E-state index contributed by atoms with van der Waals surface area (Å²) >= 11 is 0. The van der Waals surface area contributed by atoms with Gasteiger partial charge < -0.3 is 10.4 Å². The van der Waals surface area contributed by atoms with E-state index in [4.69, 9.17) is 5.11 Å². The summed E-state index contributed by atoms with van der Waals surface area (Å²) in [7, 11) is 0. The Balaban J connectivity index is 2.58. The van der Waals surface area contributed by atoms with Crippen LogP contribution in [0, 0.1) is 0 Å². The number of rotatable bonds is 7. The number of Topliss-reactive ketones (excluding diaryl/α,β-unsaturated/α-hetero) is 1. The minimum Gasteiger partial charge on any atom is -0.481 e. The molecule has 0 aromatic heterocycles. The summed E-state index contributed by atoms with van der Waals surface area (Å²) in [6.45, 7) is 1.62. The molecule has 5 nitrogen and oxygen atoms in total. The molecule has 1 aromatic rings. The Morgan fingerprint density at radius 2 is 1.68 bits per heavy atom. The number of carbonyl (C=O) groups excluding carboxylic acids is 2. The van der Waals surface area contributed by atoms with Crippen LogP contribution in [0.4, 0.5) is 0 Å². The van der Waals surface area contributed by atoms with E-state index in [1.807, 2.05) is 18.2 Å². The monoisotopic (exact) mass is 263 g/mol. The third kappa shape index (κ3) is 5.81. The van der Waals surface area contributed by atoms with Crippen molar-refractivity contribution >= 4 is 17.7 Å². The highest BCUT2D eigenvalue weighted by Gasteiger charge is 2.09. The molecular formula is C14H17NO4. The van der Waals surface area contributed by atoms with Crippen molar-refractivity contribution in [2.24, 2.45) is 0 Å². The summed E-state index contributed by atoms with van der Waals surface area (Å²) in [6, 6.07) is 7.25. The maximum Gasteiger partial charge on any atom is 0.305 e. The van der Waals surface area contributed by atoms with E-state index in [-0.39, 0.29) is 31.1 Å². The van der Waals surface area contributed by atoms with E-state index in [0.29, 0.717) is 6.42 Å². The Morgan fingerprint density at radius 3 is 2.21 bits per heavy atom. The van der Waals surface area contributed by atoms with Gasteiger partial charge in [0.05, 0.1) is 12.8 Å². The van der Waals surface area contributed by atoms with E-state index in [2.05, 4.69) is 5.32 Å². The van der Waals surface area contributed by atoms with Crippen LogP contribution in [0.1, 0.15) is 24.5 Å². The van der Waals surface area contributed by atoms with Gasteiger partial charge in [0.15, 0.2) is 0 Å². The maximum atomic E-state index is 11.6. The SMILES string of the molecule is CC(=O)Cc1ccccc1CC(=O)NCCC(=O)O. The number of hydrogen-bond donors (Lipinski definition) is 2. The number of carboxylic acid groups (broad SMARTS) is 1. The Labute approximate surface area is 111 Å². The maximum absolute atomic E-state index is 11.6. The van der Waals surface area contributed by atoms with E-state index in [1.165, 1.54) is 6.92 Å². The molecule has 0 aliphatic heterocycles. The van der Waals surface area contributed by atoms with Crippen LogP contribution >= 0.6 is 0 Å². The first-order valence-electron chi connectivity index (χ1n) is 6.03. The predicted molar refractivity (Wildman–Crippen MR) is 69.8 cm³/mol. The molecule has 5 heteroatoms. The molecule has 0 saturated carbocycles. The van der Waals surface area contributed by atoms with Crippen molar-refractivity contribution in [1.29, 1.82) is 0 Å². The van der Waals surface area contributed by atoms with Gasteiger partial charge in [0, 0.05) is 13.0 Å². The standard InChI is InChI=1S/C14H17NO4/c1-10(16)8-11-4-2-3-5-12(11)9-13(17)15-7-6-14(18)19/h2-5H,6-9H2,1H3,(H,15,17)(H,18,19). The Hall–Kier alpha value is -2.17. The third-order valence-corrected chi connectivity index (χ3v) is 2.57. The number of benzene rings is 1. The van der Waals surface area contributed by atoms with E-state index in [1.54, 1.807) is 6.07 Å². The van der Waals surface area contributed by atoms with Gasteiger partial charge in [-0.3, -0.25) is 14.4 Å². The van der Waals surface area contributed by atoms with Gasteiger partial charge in [-0.25, -0.2) is 0 Å². The summed E-state index contributed by atoms with van der Waals surface area (Å²) < 4.78 is 0. The zero-order chi connectivity index (χ0) is 14.3. The normalized spacial score (nSPS) is 9.95. The number of carbonyl (C=O) groups is 3. The molecule has 19 heavy (non-hydrogen) atoms. The van der Waals surface area contributed by atoms with E-state index in [9.17, 15) is 14.4 Å². The van der Waals surface area contributed by atoms with Crippen LogP contribution in [0.2, 0.25) is 0 Å². The van der Waals surface area contributed by atoms with Gasteiger partial charge in [-0.1, -0.05) is 24.3 Å². The van der Waals surface area contributed by atoms with Crippen molar-refractivity contribution in [3.8, 4) is 0 Å². The first-order chi connectivity index (χ1) is 8.99. The van der Waals surface area contributed by atoms with Crippen LogP contribution in [0.5, 0.6) is 0 Å². The minimum absolute atomic E-state index is 0.0405. The number of ketones is 1. The fourth-order valence-electron chi connectivity index (χ4n) is 1.71. The molecule has 1 amide bonds. The van der Waals surface area contributed by atoms with E-state index in [0.717, 1.165) is 11.1 Å². The molecule has 0 spiro atoms. The van der Waals surface area contributed by atoms with E-state index < -0.39 is 5.97 Å². The lowest BCUT2D eigenvalue weighted by Crippen LogP contribution is -2.27. The molecule has 0 saturated heterocycles. The molecule has 0 bridgehead atoms. The molecule has 0 heterocycles. The van der Waals surface area contributed by atoms with Crippen LogP contribution < -0.4 is 5.32 Å². The zero-order valence-electron chi connectivity index (χ0n) is 10.8. The first kappa shape index (κ1) is 14.9. The topological polar surface area (TPSA) is 83.5 Å². The van der Waals surface area contributed by atoms with Crippen molar-refractivity contribution in [2.45, 2.75) is 26.2 Å². The predicted octanol–water partition coefficient (Wildman–Crippen LogP) is 0.952. The molecule has 0 fully saturated rings. The average Bonchev–Trinajstić information content (AvgIpc) is 2.30. The van der Waals surface area contributed by atoms with Crippen molar-refractivity contribution in [3.63, 3.8) is 0 Å². The minimum atomic E-state index is -0.947. The first-order valence-corrected chi connectivity index (χ1v) is 6.03. The van der Waals surface area contributed by atoms with Crippen molar-refractivity contribution in [2.75, 3.05) is 6.54 Å². The molecule has 0 atom stereocenters. The highest BCUT2D eigenvalue weighted by atomic mass is 16.4. The summed E-state index contributed by atoms with van der Waals surface area (Å²) in [4.78, 5) is 33.1. The summed E-state index contributed by atoms with van der Waals surface area (Å²) in [5, 5.41) is 11.0. The van der Waals surface area contributed by atoms with Crippen molar-refractivity contribution < 1.29 is 19.5 Å². The molecule has 1 rings (SSSR count). The van der Waals surface area contributed by atoms with Crippen LogP contribution in [0.3, 0.4) is 0 Å². The highest BCUT2D eigenvalue weighted by Crippen LogP contribution is 2.10. The Morgan fingerprint density at radius 1 is 1.11 bits per heavy atom. The van der Waals surface area contributed by atoms with Crippen LogP contribution in [-0.4, -0.2) is 29.3 Å². The second kappa shape index (κ2) is 7.31. The van der Waals surface area contributed by atoms with Gasteiger partial charge in [-0.2, -0.15) is 0 Å². The number of amides is 1. The molecular weight excluding hydrogens is 246 g/mol. The number of nitrogens with one attached hydrogen (secondary N) is 1. The molecule has 0 aliphatic rings. The van der Waals surface area contributed by atoms with Gasteiger partial charge in [-0.05, 0) is 18.1 Å². The fraction of sp³-hybridized carbons (Fsp3) is 0.357. The molecule has 1 aromatic carbocycles. The van der Waals surface area contributed by atoms with Gasteiger partial charge in [-0.15, -0.1) is 0 Å². The third-order valence-electron chi connectivity index (χ3n) is 2.57. The average molecular weight is 263 g/mol. The van der Waals surface area contributed by atoms with Gasteiger partial charge in [0.25, 0.3) is 0 Å². The van der Waals surface area contributed by atoms with Crippen LogP contribution in [0.25, 0.3) is 0 Å². The largest absolute Gasteiger partial charge is 0.481 e. The Kier molecular flexibility index (Phi) is 5.73. The number of aliphatic carboxylic acids is 1. The van der Waals surface area contributed by atoms with Crippen molar-refractivity contribution in [3.05, 3.63) is 35.4 Å². The highest BCUT2D eigenvalue weighted by molar-refractivity contribution is 5.82. The van der Waals surface area contributed by atoms with Gasteiger partial charge >= 0.3 is 5.97 Å². The molecule has 0 radical (unpaired) electrons. The lowest BCUT2D eigenvalue weighted by atomic mass is 10.00. The summed E-state index contributed by atoms with van der Waals surface area (Å²) in [5.41, 5.74) is 1.63. The van der Waals surface area contributed by atoms with Crippen molar-refractivity contribution in [1.82, 2.24) is 5.32 Å². The molecule has 2 N–H and O–H groups in total. The lowest BCUT2D eigenvalue weighted by Gasteiger charge is -2.08. The van der Waals surface area contributed by atoms with E-state index >= 15 is 0 Å². The molecule has 0 aliphatic carbocycles. The van der Waals surface area contributed by atoms with Crippen LogP contribution in [-0.2, 0) is 27.2 Å². The van der Waals surface area contributed by atoms with Gasteiger partial charge in [0.2, 0.25) is 5.91 Å². The Bertz CT molecular complexity index is 482. The summed E-state index contributed by atoms with van der Waals surface area (Å²) in [6.07, 6.45) is 0.364. The second-order valence-corrected chi connectivity index (χ2v) is 4.32. The van der Waals surface area contributed by atoms with Gasteiger partial charge in [0.1, 0.15) is 5.78 Å². The molecule has 0 unspecified atom stereocenters. The quantitative estimate of drug-likeness (QED) is 0.767. The fourth-order valence-corrected chi connectivity index (χ4v) is 1.71. The number of carboxylic acids is 1. The lowest BCUT2D eigenvalue weighted by molar-refractivity contribution is -0.137. The second-order valence-electron chi connectivity index (χ2n) is 4.32. The zero-order valence-corrected chi connectivity index (χ0v) is 10.8. The molecule has 102 valence electrons.